The molecule has 0 fully saturated rings. The van der Waals surface area contributed by atoms with Gasteiger partial charge in [-0.25, -0.2) is 0 Å². The van der Waals surface area contributed by atoms with E-state index in [1.54, 1.807) is 0 Å². The number of para-hydroxylation sites is 1. The van der Waals surface area contributed by atoms with Crippen molar-refractivity contribution in [2.75, 3.05) is 0 Å². The average molecular weight is 654 g/mol. The van der Waals surface area contributed by atoms with Gasteiger partial charge in [-0.3, -0.25) is 10.4 Å². The smallest absolute Gasteiger partial charge is 0.155 e. The topological polar surface area (TPSA) is 65.7 Å². The third kappa shape index (κ3) is 5.74. The molecule has 0 bridgehead atoms. The Labute approximate surface area is 296 Å². The Kier molecular flexibility index (Phi) is 7.69. The number of hydrogen-bond donors (Lipinski definition) is 2. The summed E-state index contributed by atoms with van der Waals surface area (Å²) >= 11 is 0. The molecular weight excluding hydrogens is 621 g/mol. The molecule has 0 spiro atoms. The number of nitrogens with zero attached hydrogens (tertiary/aromatic N) is 2. The molecule has 4 nitrogen and oxygen atoms in total. The van der Waals surface area contributed by atoms with Crippen molar-refractivity contribution in [3.63, 3.8) is 0 Å². The fourth-order valence-electron chi connectivity index (χ4n) is 7.15. The van der Waals surface area contributed by atoms with Crippen LogP contribution in [0.2, 0.25) is 0 Å². The molecule has 0 aliphatic heterocycles. The van der Waals surface area contributed by atoms with E-state index in [2.05, 4.69) is 151 Å². The molecule has 0 atom stereocenters. The average Bonchev–Trinajstić information content (AvgIpc) is 3.20. The Morgan fingerprint density at radius 2 is 1.10 bits per heavy atom. The maximum Gasteiger partial charge on any atom is 0.155 e. The van der Waals surface area contributed by atoms with E-state index in [4.69, 9.17) is 10.5 Å². The molecule has 7 aromatic carbocycles. The monoisotopic (exact) mass is 653 g/mol. The van der Waals surface area contributed by atoms with E-state index in [1.807, 2.05) is 42.0 Å². The summed E-state index contributed by atoms with van der Waals surface area (Å²) in [6, 6.07) is 55.4. The molecule has 4 heteroatoms. The second-order valence-electron chi connectivity index (χ2n) is 12.8. The molecule has 0 unspecified atom stereocenters. The molecule has 0 amide bonds. The van der Waals surface area contributed by atoms with Crippen LogP contribution in [0, 0.1) is 5.41 Å². The molecule has 0 saturated carbocycles. The largest absolute Gasteiger partial charge is 0.298 e. The molecule has 3 N–H and O–H groups in total. The highest BCUT2D eigenvalue weighted by Crippen LogP contribution is 2.44. The van der Waals surface area contributed by atoms with Crippen LogP contribution in [0.15, 0.2) is 187 Å². The first kappa shape index (κ1) is 30.3. The predicted molar refractivity (Wildman–Crippen MR) is 213 cm³/mol. The van der Waals surface area contributed by atoms with Gasteiger partial charge in [-0.05, 0) is 103 Å². The molecule has 9 rings (SSSR count). The molecule has 51 heavy (non-hydrogen) atoms. The highest BCUT2D eigenvalue weighted by molar-refractivity contribution is 6.51. The Hall–Kier alpha value is -6.75. The highest BCUT2D eigenvalue weighted by Gasteiger charge is 2.19. The van der Waals surface area contributed by atoms with E-state index in [1.165, 1.54) is 43.8 Å². The van der Waals surface area contributed by atoms with E-state index in [9.17, 15) is 0 Å². The lowest BCUT2D eigenvalue weighted by Gasteiger charge is -2.19. The van der Waals surface area contributed by atoms with Crippen LogP contribution in [-0.4, -0.2) is 16.4 Å². The number of nitrogens with one attached hydrogen (secondary N) is 1. The first-order valence-corrected chi connectivity index (χ1v) is 17.1. The van der Waals surface area contributed by atoms with Gasteiger partial charge in [-0.15, -0.1) is 0 Å². The summed E-state index contributed by atoms with van der Waals surface area (Å²) in [5, 5.41) is 19.6. The molecule has 1 aliphatic rings. The van der Waals surface area contributed by atoms with Crippen LogP contribution in [0.25, 0.3) is 71.4 Å². The zero-order valence-electron chi connectivity index (χ0n) is 27.8. The molecular formula is C47H33N4+. The van der Waals surface area contributed by atoms with Crippen molar-refractivity contribution in [1.82, 2.24) is 4.98 Å². The number of benzene rings is 7. The number of quaternary nitrogens is 1. The Balaban J connectivity index is 1.04. The van der Waals surface area contributed by atoms with Crippen LogP contribution >= 0.6 is 0 Å². The summed E-state index contributed by atoms with van der Waals surface area (Å²) in [5.74, 6) is 0. The maximum absolute atomic E-state index is 8.91. The minimum absolute atomic E-state index is 0.384. The normalized spacial score (nSPS) is 13.7. The standard InChI is InChI=1S/C47H32N4/c48-43-29-35(22-26-45(43)51-50-38-23-19-31(20-24-38)37-27-36-15-7-10-18-44(36)49-30-37)34-21-25-41-42(28-34)47(33-13-5-2-6-14-33)40-17-9-8-16-39(40)46(41)32-11-3-1-4-12-32/h1-30,48,50H/p+1. The van der Waals surface area contributed by atoms with Crippen molar-refractivity contribution in [3.05, 3.63) is 188 Å². The van der Waals surface area contributed by atoms with Gasteiger partial charge >= 0.3 is 0 Å². The summed E-state index contributed by atoms with van der Waals surface area (Å²) in [4.78, 5) is 4.61. The number of fused-ring (bicyclic) bond motifs is 3. The van der Waals surface area contributed by atoms with E-state index in [0.29, 0.717) is 11.4 Å². The second kappa shape index (κ2) is 12.9. The molecule has 1 aromatic heterocycles. The number of aromatic nitrogens is 1. The Morgan fingerprint density at radius 1 is 0.490 bits per heavy atom. The highest BCUT2D eigenvalue weighted by atomic mass is 15.3. The first-order valence-electron chi connectivity index (χ1n) is 17.1. The van der Waals surface area contributed by atoms with Crippen molar-refractivity contribution in [2.45, 2.75) is 0 Å². The lowest BCUT2D eigenvalue weighted by molar-refractivity contribution is -0.577. The van der Waals surface area contributed by atoms with Crippen LogP contribution in [0.5, 0.6) is 0 Å². The maximum atomic E-state index is 8.91. The number of hydrogen-bond acceptors (Lipinski definition) is 3. The molecule has 1 aliphatic carbocycles. The summed E-state index contributed by atoms with van der Waals surface area (Å²) < 4.78 is 0. The predicted octanol–water partition coefficient (Wildman–Crippen LogP) is 10.8. The Bertz CT molecular complexity index is 2710. The van der Waals surface area contributed by atoms with Crippen molar-refractivity contribution < 1.29 is 5.43 Å². The van der Waals surface area contributed by atoms with Gasteiger partial charge in [0.15, 0.2) is 5.69 Å². The number of rotatable bonds is 6. The third-order valence-electron chi connectivity index (χ3n) is 9.67. The zero-order chi connectivity index (χ0) is 34.1. The van der Waals surface area contributed by atoms with Crippen molar-refractivity contribution in [2.24, 2.45) is 5.10 Å². The minimum atomic E-state index is 0.384. The molecule has 1 heterocycles. The number of allylic oxidation sites excluding steroid dienone is 4. The lowest BCUT2D eigenvalue weighted by atomic mass is 9.84. The Morgan fingerprint density at radius 3 is 1.80 bits per heavy atom. The van der Waals surface area contributed by atoms with E-state index in [0.717, 1.165) is 38.9 Å². The quantitative estimate of drug-likeness (QED) is 0.0606. The summed E-state index contributed by atoms with van der Waals surface area (Å²) in [6.45, 7) is 0. The summed E-state index contributed by atoms with van der Waals surface area (Å²) in [6.07, 6.45) is 7.86. The fourth-order valence-corrected chi connectivity index (χ4v) is 7.15. The van der Waals surface area contributed by atoms with Crippen LogP contribution in [0.1, 0.15) is 5.56 Å². The van der Waals surface area contributed by atoms with E-state index >= 15 is 0 Å². The zero-order valence-corrected chi connectivity index (χ0v) is 27.8. The van der Waals surface area contributed by atoms with Gasteiger partial charge in [0.05, 0.1) is 11.2 Å². The molecule has 8 aromatic rings. The van der Waals surface area contributed by atoms with Crippen LogP contribution in [0.4, 0.5) is 5.69 Å². The van der Waals surface area contributed by atoms with Gasteiger partial charge in [0.25, 0.3) is 0 Å². The summed E-state index contributed by atoms with van der Waals surface area (Å²) in [5.41, 5.74) is 13.9. The van der Waals surface area contributed by atoms with Gasteiger partial charge < -0.3 is 0 Å². The van der Waals surface area contributed by atoms with Crippen LogP contribution in [0.3, 0.4) is 0 Å². The van der Waals surface area contributed by atoms with Crippen molar-refractivity contribution in [1.29, 1.82) is 5.41 Å². The molecule has 0 saturated heterocycles. The van der Waals surface area contributed by atoms with Gasteiger partial charge in [0.2, 0.25) is 0 Å². The van der Waals surface area contributed by atoms with Gasteiger partial charge in [0, 0.05) is 29.3 Å². The summed E-state index contributed by atoms with van der Waals surface area (Å²) in [7, 11) is 0. The number of pyridine rings is 1. The molecule has 240 valence electrons. The molecule has 0 radical (unpaired) electrons. The van der Waals surface area contributed by atoms with E-state index in [-0.39, 0.29) is 0 Å². The van der Waals surface area contributed by atoms with Crippen LogP contribution < -0.4 is 5.43 Å². The first-order chi connectivity index (χ1) is 25.2. The van der Waals surface area contributed by atoms with Crippen LogP contribution in [-0.2, 0) is 0 Å². The van der Waals surface area contributed by atoms with Crippen molar-refractivity contribution >= 4 is 55.1 Å². The van der Waals surface area contributed by atoms with Gasteiger partial charge in [-0.2, -0.15) is 5.43 Å². The van der Waals surface area contributed by atoms with E-state index < -0.39 is 0 Å². The lowest BCUT2D eigenvalue weighted by Crippen LogP contribution is -2.71. The minimum Gasteiger partial charge on any atom is -0.298 e. The van der Waals surface area contributed by atoms with Gasteiger partial charge in [-0.1, -0.05) is 126 Å². The van der Waals surface area contributed by atoms with Gasteiger partial charge in [0.1, 0.15) is 5.71 Å². The third-order valence-corrected chi connectivity index (χ3v) is 9.67. The SMILES string of the molecule is N=C1C=C(c2ccc3c(-c4ccccc4)c4ccccc4c(-c4ccccc4)c3c2)C=CC1=N[NH2+]c1ccc(-c2cnc3ccccc3c2)cc1. The number of nitrogens with two attached hydrogens (primary N) is 1. The fraction of sp³-hybridized carbons (Fsp3) is 0. The second-order valence-corrected chi connectivity index (χ2v) is 12.8. The van der Waals surface area contributed by atoms with Crippen molar-refractivity contribution in [3.8, 4) is 33.4 Å².